The number of aliphatic hydroxyl groups is 1. The van der Waals surface area contributed by atoms with E-state index in [1.807, 2.05) is 35.0 Å². The molecule has 1 atom stereocenters. The number of aliphatic imine (C=N–C) groups is 1. The first-order valence-electron chi connectivity index (χ1n) is 11.1. The average molecular weight is 523 g/mol. The number of pyridine rings is 1. The van der Waals surface area contributed by atoms with Crippen LogP contribution in [0.25, 0.3) is 16.9 Å². The predicted molar refractivity (Wildman–Crippen MR) is 144 cm³/mol. The summed E-state index contributed by atoms with van der Waals surface area (Å²) in [5.74, 6) is -0.305. The zero-order chi connectivity index (χ0) is 25.7. The van der Waals surface area contributed by atoms with Gasteiger partial charge in [-0.2, -0.15) is 11.3 Å². The summed E-state index contributed by atoms with van der Waals surface area (Å²) in [4.78, 5) is 35.9. The molecule has 4 rings (SSSR count). The van der Waals surface area contributed by atoms with E-state index in [9.17, 15) is 14.7 Å². The van der Waals surface area contributed by atoms with Crippen LogP contribution >= 0.6 is 23.1 Å². The van der Waals surface area contributed by atoms with Gasteiger partial charge in [-0.3, -0.25) is 19.0 Å². The lowest BCUT2D eigenvalue weighted by molar-refractivity contribution is 0.0914. The second kappa shape index (κ2) is 11.5. The van der Waals surface area contributed by atoms with E-state index < -0.39 is 6.04 Å². The third-order valence-corrected chi connectivity index (χ3v) is 6.93. The minimum Gasteiger partial charge on any atom is -0.394 e. The first-order chi connectivity index (χ1) is 17.5. The summed E-state index contributed by atoms with van der Waals surface area (Å²) in [5, 5.41) is 18.9. The van der Waals surface area contributed by atoms with Crippen molar-refractivity contribution in [3.63, 3.8) is 0 Å². The van der Waals surface area contributed by atoms with Crippen molar-refractivity contribution in [2.45, 2.75) is 24.4 Å². The topological polar surface area (TPSA) is 134 Å². The molecule has 0 aliphatic heterocycles. The lowest BCUT2D eigenvalue weighted by atomic mass is 10.2. The molecule has 36 heavy (non-hydrogen) atoms. The Kier molecular flexibility index (Phi) is 8.16. The Labute approximate surface area is 216 Å². The smallest absolute Gasteiger partial charge is 0.270 e. The number of fused-ring (bicyclic) bond motifs is 1. The van der Waals surface area contributed by atoms with Crippen LogP contribution in [0.15, 0.2) is 63.2 Å². The fraction of sp³-hybridized carbons (Fsp3) is 0.200. The molecular weight excluding hydrogens is 496 g/mol. The Morgan fingerprint density at radius 3 is 2.83 bits per heavy atom. The number of nitrogens with two attached hydrogens (primary N) is 1. The molecule has 9 nitrogen and oxygen atoms in total. The summed E-state index contributed by atoms with van der Waals surface area (Å²) in [6.07, 6.45) is 1.70. The molecule has 0 fully saturated rings. The number of hydrogen-bond donors (Lipinski definition) is 4. The van der Waals surface area contributed by atoms with Gasteiger partial charge in [0.1, 0.15) is 11.4 Å². The average Bonchev–Trinajstić information content (AvgIpc) is 3.55. The van der Waals surface area contributed by atoms with Gasteiger partial charge >= 0.3 is 0 Å². The molecule has 4 aromatic rings. The van der Waals surface area contributed by atoms with Crippen LogP contribution in [0.2, 0.25) is 0 Å². The van der Waals surface area contributed by atoms with Gasteiger partial charge in [0, 0.05) is 40.5 Å². The fourth-order valence-corrected chi connectivity index (χ4v) is 5.02. The van der Waals surface area contributed by atoms with Crippen molar-refractivity contribution in [2.75, 3.05) is 12.5 Å². The number of nitrogens with one attached hydrogen (secondary N) is 2. The summed E-state index contributed by atoms with van der Waals surface area (Å²) in [5.41, 5.74) is 9.55. The highest BCUT2D eigenvalue weighted by Crippen LogP contribution is 2.30. The Balaban J connectivity index is 1.67. The number of rotatable bonds is 10. The van der Waals surface area contributed by atoms with Crippen molar-refractivity contribution in [3.8, 4) is 11.3 Å². The molecule has 0 aliphatic rings. The lowest BCUT2D eigenvalue weighted by Crippen LogP contribution is -2.36. The third kappa shape index (κ3) is 5.34. The van der Waals surface area contributed by atoms with Gasteiger partial charge in [0.05, 0.1) is 17.9 Å². The normalized spacial score (nSPS) is 11.9. The van der Waals surface area contributed by atoms with Crippen molar-refractivity contribution in [3.05, 3.63) is 70.2 Å². The highest BCUT2D eigenvalue weighted by atomic mass is 32.2. The van der Waals surface area contributed by atoms with E-state index in [0.29, 0.717) is 28.5 Å². The highest BCUT2D eigenvalue weighted by Gasteiger charge is 2.24. The minimum absolute atomic E-state index is 0.195. The second-order valence-electron chi connectivity index (χ2n) is 7.95. The SMILES string of the molecule is C=Nc1ccc(CNC(=O)c2cccn3c(C(=O)N[C@H](C)CO)c(-c4ccsc4)nc23)cc1SCN. The maximum Gasteiger partial charge on any atom is 0.270 e. The second-order valence-corrected chi connectivity index (χ2v) is 9.79. The van der Waals surface area contributed by atoms with Gasteiger partial charge in [0.2, 0.25) is 0 Å². The van der Waals surface area contributed by atoms with Crippen LogP contribution in [0.5, 0.6) is 0 Å². The number of carbonyl (C=O) groups is 2. The Morgan fingerprint density at radius 2 is 2.14 bits per heavy atom. The lowest BCUT2D eigenvalue weighted by Gasteiger charge is -2.12. The number of amides is 2. The number of benzene rings is 1. The van der Waals surface area contributed by atoms with Gasteiger partial charge in [-0.25, -0.2) is 4.98 Å². The van der Waals surface area contributed by atoms with E-state index in [2.05, 4.69) is 22.3 Å². The summed E-state index contributed by atoms with van der Waals surface area (Å²) < 4.78 is 1.61. The fourth-order valence-electron chi connectivity index (χ4n) is 3.68. The molecule has 1 aromatic carbocycles. The molecule has 186 valence electrons. The quantitative estimate of drug-likeness (QED) is 0.143. The molecule has 2 amide bonds. The summed E-state index contributed by atoms with van der Waals surface area (Å²) in [7, 11) is 0. The van der Waals surface area contributed by atoms with Crippen LogP contribution in [0.4, 0.5) is 5.69 Å². The zero-order valence-corrected chi connectivity index (χ0v) is 21.2. The van der Waals surface area contributed by atoms with Gasteiger partial charge in [-0.05, 0) is 54.9 Å². The molecule has 0 saturated heterocycles. The third-order valence-electron chi connectivity index (χ3n) is 5.44. The number of hydrogen-bond acceptors (Lipinski definition) is 8. The van der Waals surface area contributed by atoms with Crippen LogP contribution in [-0.4, -0.2) is 51.5 Å². The van der Waals surface area contributed by atoms with Crippen LogP contribution < -0.4 is 16.4 Å². The van der Waals surface area contributed by atoms with Crippen molar-refractivity contribution < 1.29 is 14.7 Å². The maximum absolute atomic E-state index is 13.2. The first-order valence-corrected chi connectivity index (χ1v) is 13.1. The number of aliphatic hydroxyl groups excluding tert-OH is 1. The molecule has 0 bridgehead atoms. The number of carbonyl (C=O) groups excluding carboxylic acids is 2. The molecular formula is C25H26N6O3S2. The Morgan fingerprint density at radius 1 is 1.31 bits per heavy atom. The van der Waals surface area contributed by atoms with E-state index >= 15 is 0 Å². The monoisotopic (exact) mass is 522 g/mol. The van der Waals surface area contributed by atoms with Crippen molar-refractivity contribution in [2.24, 2.45) is 10.7 Å². The maximum atomic E-state index is 13.2. The summed E-state index contributed by atoms with van der Waals surface area (Å²) >= 11 is 2.94. The van der Waals surface area contributed by atoms with E-state index in [0.717, 1.165) is 21.7 Å². The van der Waals surface area contributed by atoms with E-state index in [1.54, 1.807) is 29.7 Å². The van der Waals surface area contributed by atoms with Crippen LogP contribution in [0.3, 0.4) is 0 Å². The van der Waals surface area contributed by atoms with Gasteiger partial charge in [0.25, 0.3) is 11.8 Å². The van der Waals surface area contributed by atoms with Gasteiger partial charge in [-0.1, -0.05) is 6.07 Å². The molecule has 3 heterocycles. The molecule has 3 aromatic heterocycles. The van der Waals surface area contributed by atoms with Crippen LogP contribution in [0, 0.1) is 0 Å². The molecule has 0 saturated carbocycles. The number of imidazole rings is 1. The molecule has 0 radical (unpaired) electrons. The molecule has 0 aliphatic carbocycles. The van der Waals surface area contributed by atoms with E-state index in [1.165, 1.54) is 23.1 Å². The molecule has 0 unspecified atom stereocenters. The summed E-state index contributed by atoms with van der Waals surface area (Å²) in [6, 6.07) is 10.5. The predicted octanol–water partition coefficient (Wildman–Crippen LogP) is 3.44. The summed E-state index contributed by atoms with van der Waals surface area (Å²) in [6.45, 7) is 5.38. The van der Waals surface area contributed by atoms with Gasteiger partial charge in [-0.15, -0.1) is 11.8 Å². The minimum atomic E-state index is -0.435. The zero-order valence-electron chi connectivity index (χ0n) is 19.6. The number of nitrogens with zero attached hydrogens (tertiary/aromatic N) is 3. The van der Waals surface area contributed by atoms with Crippen LogP contribution in [0.1, 0.15) is 33.3 Å². The van der Waals surface area contributed by atoms with Crippen LogP contribution in [-0.2, 0) is 6.54 Å². The molecule has 5 N–H and O–H groups in total. The molecule has 0 spiro atoms. The number of thioether (sulfide) groups is 1. The number of aromatic nitrogens is 2. The largest absolute Gasteiger partial charge is 0.394 e. The standard InChI is InChI=1S/C25H26N6O3S2/c1-15(12-32)29-25(34)22-21(17-7-9-35-13-17)30-23-18(4-3-8-31(22)23)24(33)28-11-16-5-6-19(27-2)20(10-16)36-14-26/h3-10,13,15,32H,2,11-12,14,26H2,1H3,(H,28,33)(H,29,34)/t15-/m1/s1. The molecule has 11 heteroatoms. The first kappa shape index (κ1) is 25.6. The van der Waals surface area contributed by atoms with E-state index in [4.69, 9.17) is 10.7 Å². The Hall–Kier alpha value is -3.51. The highest BCUT2D eigenvalue weighted by molar-refractivity contribution is 7.99. The Bertz CT molecular complexity index is 1400. The number of thiophene rings is 1. The van der Waals surface area contributed by atoms with Gasteiger partial charge < -0.3 is 21.5 Å². The van der Waals surface area contributed by atoms with E-state index in [-0.39, 0.29) is 25.0 Å². The van der Waals surface area contributed by atoms with Crippen molar-refractivity contribution in [1.82, 2.24) is 20.0 Å². The van der Waals surface area contributed by atoms with Crippen molar-refractivity contribution in [1.29, 1.82) is 0 Å². The van der Waals surface area contributed by atoms with Crippen molar-refractivity contribution >= 4 is 53.0 Å². The van der Waals surface area contributed by atoms with Gasteiger partial charge in [0.15, 0.2) is 5.65 Å².